The Kier molecular flexibility index (Phi) is 3.43. The van der Waals surface area contributed by atoms with Crippen LogP contribution in [-0.2, 0) is 6.61 Å². The fourth-order valence-corrected chi connectivity index (χ4v) is 1.94. The number of pyridine rings is 2. The van der Waals surface area contributed by atoms with Crippen LogP contribution in [0.4, 0.5) is 5.69 Å². The number of benzene rings is 1. The van der Waals surface area contributed by atoms with E-state index in [0.717, 1.165) is 28.0 Å². The van der Waals surface area contributed by atoms with Crippen molar-refractivity contribution in [3.8, 4) is 5.75 Å². The number of hydrogen-bond donors (Lipinski definition) is 2. The summed E-state index contributed by atoms with van der Waals surface area (Å²) in [7, 11) is 0. The van der Waals surface area contributed by atoms with Crippen LogP contribution in [0.3, 0.4) is 0 Å². The van der Waals surface area contributed by atoms with E-state index in [-0.39, 0.29) is 0 Å². The summed E-state index contributed by atoms with van der Waals surface area (Å²) in [6, 6.07) is 13.4. The van der Waals surface area contributed by atoms with Gasteiger partial charge in [0.2, 0.25) is 0 Å². The van der Waals surface area contributed by atoms with E-state index in [4.69, 9.17) is 10.6 Å². The van der Waals surface area contributed by atoms with Crippen LogP contribution in [0.1, 0.15) is 5.69 Å². The van der Waals surface area contributed by atoms with E-state index >= 15 is 0 Å². The Labute approximate surface area is 116 Å². The number of anilines is 1. The van der Waals surface area contributed by atoms with Crippen molar-refractivity contribution in [3.05, 3.63) is 60.6 Å². The Morgan fingerprint density at radius 3 is 2.90 bits per heavy atom. The Morgan fingerprint density at radius 1 is 1.05 bits per heavy atom. The lowest BCUT2D eigenvalue weighted by Crippen LogP contribution is -2.08. The van der Waals surface area contributed by atoms with Gasteiger partial charge in [0, 0.05) is 23.8 Å². The van der Waals surface area contributed by atoms with E-state index in [1.54, 1.807) is 18.5 Å². The van der Waals surface area contributed by atoms with E-state index in [0.29, 0.717) is 6.61 Å². The second-order valence-electron chi connectivity index (χ2n) is 4.33. The van der Waals surface area contributed by atoms with Crippen molar-refractivity contribution in [3.63, 3.8) is 0 Å². The summed E-state index contributed by atoms with van der Waals surface area (Å²) >= 11 is 0. The molecule has 5 nitrogen and oxygen atoms in total. The van der Waals surface area contributed by atoms with Crippen molar-refractivity contribution in [1.82, 2.24) is 9.97 Å². The number of hydrogen-bond acceptors (Lipinski definition) is 5. The number of nitrogens with one attached hydrogen (secondary N) is 1. The normalized spacial score (nSPS) is 10.4. The number of nitrogen functional groups attached to an aromatic ring is 1. The van der Waals surface area contributed by atoms with E-state index in [1.165, 1.54) is 0 Å². The highest BCUT2D eigenvalue weighted by molar-refractivity contribution is 5.79. The number of nitrogens with two attached hydrogens (primary N) is 1. The molecule has 0 saturated heterocycles. The van der Waals surface area contributed by atoms with Crippen molar-refractivity contribution in [1.29, 1.82) is 0 Å². The summed E-state index contributed by atoms with van der Waals surface area (Å²) in [5, 5.41) is 1.09. The maximum atomic E-state index is 5.73. The minimum Gasteiger partial charge on any atom is -0.487 e. The molecule has 2 heterocycles. The number of hydrazine groups is 1. The van der Waals surface area contributed by atoms with Gasteiger partial charge in [0.15, 0.2) is 0 Å². The van der Waals surface area contributed by atoms with Gasteiger partial charge in [0.05, 0.1) is 16.9 Å². The van der Waals surface area contributed by atoms with Gasteiger partial charge in [0.1, 0.15) is 12.4 Å². The van der Waals surface area contributed by atoms with Crippen LogP contribution in [0.15, 0.2) is 54.9 Å². The van der Waals surface area contributed by atoms with Crippen molar-refractivity contribution in [2.24, 2.45) is 5.84 Å². The third-order valence-electron chi connectivity index (χ3n) is 2.95. The summed E-state index contributed by atoms with van der Waals surface area (Å²) in [6.45, 7) is 0.383. The molecule has 1 aromatic carbocycles. The zero-order valence-electron chi connectivity index (χ0n) is 10.8. The lowest BCUT2D eigenvalue weighted by atomic mass is 10.2. The van der Waals surface area contributed by atoms with Gasteiger partial charge >= 0.3 is 0 Å². The van der Waals surface area contributed by atoms with Gasteiger partial charge in [-0.2, -0.15) is 0 Å². The molecule has 100 valence electrons. The molecule has 0 saturated carbocycles. The molecule has 20 heavy (non-hydrogen) atoms. The van der Waals surface area contributed by atoms with Gasteiger partial charge in [0.25, 0.3) is 0 Å². The van der Waals surface area contributed by atoms with Crippen LogP contribution >= 0.6 is 0 Å². The van der Waals surface area contributed by atoms with Crippen molar-refractivity contribution >= 4 is 16.6 Å². The summed E-state index contributed by atoms with van der Waals surface area (Å²) in [5.74, 6) is 6.13. The lowest BCUT2D eigenvalue weighted by molar-refractivity contribution is 0.302. The molecule has 0 atom stereocenters. The highest BCUT2D eigenvalue weighted by Crippen LogP contribution is 2.19. The molecule has 0 fully saturated rings. The average molecular weight is 266 g/mol. The lowest BCUT2D eigenvalue weighted by Gasteiger charge is -2.07. The molecule has 0 aliphatic rings. The third-order valence-corrected chi connectivity index (χ3v) is 2.95. The second-order valence-corrected chi connectivity index (χ2v) is 4.33. The minimum atomic E-state index is 0.383. The molecule has 0 aliphatic carbocycles. The van der Waals surface area contributed by atoms with Gasteiger partial charge in [-0.3, -0.25) is 15.8 Å². The second kappa shape index (κ2) is 5.54. The molecular formula is C15H14N4O. The topological polar surface area (TPSA) is 73.1 Å². The van der Waals surface area contributed by atoms with Gasteiger partial charge < -0.3 is 10.2 Å². The van der Waals surface area contributed by atoms with Crippen LogP contribution in [0.25, 0.3) is 10.9 Å². The van der Waals surface area contributed by atoms with Gasteiger partial charge in [-0.15, -0.1) is 0 Å². The first-order valence-corrected chi connectivity index (χ1v) is 6.24. The average Bonchev–Trinajstić information content (AvgIpc) is 2.53. The first-order chi connectivity index (χ1) is 9.85. The highest BCUT2D eigenvalue weighted by atomic mass is 16.5. The molecule has 3 rings (SSSR count). The molecule has 0 unspecified atom stereocenters. The molecule has 3 N–H and O–H groups in total. The number of aromatic nitrogens is 2. The minimum absolute atomic E-state index is 0.383. The van der Waals surface area contributed by atoms with E-state index < -0.39 is 0 Å². The predicted molar refractivity (Wildman–Crippen MR) is 78.1 cm³/mol. The SMILES string of the molecule is NNc1ccnc(COc2ccc3cccnc3c2)c1. The smallest absolute Gasteiger partial charge is 0.130 e. The van der Waals surface area contributed by atoms with Crippen LogP contribution < -0.4 is 16.0 Å². The largest absolute Gasteiger partial charge is 0.487 e. The third kappa shape index (κ3) is 2.67. The molecule has 0 spiro atoms. The van der Waals surface area contributed by atoms with Crippen LogP contribution in [-0.4, -0.2) is 9.97 Å². The highest BCUT2D eigenvalue weighted by Gasteiger charge is 2.01. The van der Waals surface area contributed by atoms with Crippen LogP contribution in [0.2, 0.25) is 0 Å². The Bertz CT molecular complexity index is 730. The number of fused-ring (bicyclic) bond motifs is 1. The van der Waals surface area contributed by atoms with Gasteiger partial charge in [-0.1, -0.05) is 6.07 Å². The van der Waals surface area contributed by atoms with E-state index in [1.807, 2.05) is 36.4 Å². The van der Waals surface area contributed by atoms with Crippen molar-refractivity contribution in [2.75, 3.05) is 5.43 Å². The Morgan fingerprint density at radius 2 is 2.00 bits per heavy atom. The molecule has 0 aliphatic heterocycles. The molecule has 0 amide bonds. The zero-order chi connectivity index (χ0) is 13.8. The number of nitrogens with zero attached hydrogens (tertiary/aromatic N) is 2. The summed E-state index contributed by atoms with van der Waals surface area (Å²) in [6.07, 6.45) is 3.46. The molecular weight excluding hydrogens is 252 g/mol. The first kappa shape index (κ1) is 12.4. The summed E-state index contributed by atoms with van der Waals surface area (Å²) in [5.41, 5.74) is 5.11. The van der Waals surface area contributed by atoms with Gasteiger partial charge in [-0.05, 0) is 30.3 Å². The van der Waals surface area contributed by atoms with Crippen LogP contribution in [0, 0.1) is 0 Å². The maximum absolute atomic E-state index is 5.73. The Hall–Kier alpha value is -2.66. The summed E-state index contributed by atoms with van der Waals surface area (Å²) in [4.78, 5) is 8.53. The first-order valence-electron chi connectivity index (χ1n) is 6.24. The predicted octanol–water partition coefficient (Wildman–Crippen LogP) is 2.49. The Balaban J connectivity index is 1.76. The van der Waals surface area contributed by atoms with Crippen molar-refractivity contribution in [2.45, 2.75) is 6.61 Å². The summed E-state index contributed by atoms with van der Waals surface area (Å²) < 4.78 is 5.73. The monoisotopic (exact) mass is 266 g/mol. The standard InChI is InChI=1S/C15H14N4O/c16-19-12-5-7-17-13(8-12)10-20-14-4-3-11-2-1-6-18-15(11)9-14/h1-9H,10,16H2,(H,17,19). The van der Waals surface area contributed by atoms with Crippen LogP contribution in [0.5, 0.6) is 5.75 Å². The molecule has 0 bridgehead atoms. The fourth-order valence-electron chi connectivity index (χ4n) is 1.94. The molecule has 2 aromatic heterocycles. The van der Waals surface area contributed by atoms with E-state index in [9.17, 15) is 0 Å². The molecule has 5 heteroatoms. The number of ether oxygens (including phenoxy) is 1. The maximum Gasteiger partial charge on any atom is 0.130 e. The quantitative estimate of drug-likeness (QED) is 0.560. The zero-order valence-corrected chi connectivity index (χ0v) is 10.8. The van der Waals surface area contributed by atoms with Gasteiger partial charge in [-0.25, -0.2) is 0 Å². The van der Waals surface area contributed by atoms with Crippen molar-refractivity contribution < 1.29 is 4.74 Å². The molecule has 0 radical (unpaired) electrons. The van der Waals surface area contributed by atoms with E-state index in [2.05, 4.69) is 15.4 Å². The fraction of sp³-hybridized carbons (Fsp3) is 0.0667. The molecule has 3 aromatic rings. The number of rotatable bonds is 4.